The first-order valence-electron chi connectivity index (χ1n) is 9.90. The molecule has 0 aliphatic carbocycles. The summed E-state index contributed by atoms with van der Waals surface area (Å²) in [6, 6.07) is 13.2. The summed E-state index contributed by atoms with van der Waals surface area (Å²) in [6.45, 7) is 2.36. The van der Waals surface area contributed by atoms with Crippen molar-refractivity contribution in [2.24, 2.45) is 5.92 Å². The molecule has 1 fully saturated rings. The van der Waals surface area contributed by atoms with E-state index in [2.05, 4.69) is 5.32 Å². The van der Waals surface area contributed by atoms with E-state index in [-0.39, 0.29) is 17.3 Å². The van der Waals surface area contributed by atoms with Gasteiger partial charge in [-0.1, -0.05) is 23.8 Å². The van der Waals surface area contributed by atoms with Gasteiger partial charge >= 0.3 is 0 Å². The third kappa shape index (κ3) is 5.44. The molecule has 0 radical (unpaired) electrons. The van der Waals surface area contributed by atoms with Crippen molar-refractivity contribution in [3.8, 4) is 0 Å². The monoisotopic (exact) mass is 465 g/mol. The van der Waals surface area contributed by atoms with E-state index in [9.17, 15) is 21.6 Å². The van der Waals surface area contributed by atoms with Crippen molar-refractivity contribution >= 4 is 37.3 Å². The van der Waals surface area contributed by atoms with E-state index < -0.39 is 26.0 Å². The first-order chi connectivity index (χ1) is 14.5. The van der Waals surface area contributed by atoms with Crippen LogP contribution < -0.4 is 9.62 Å². The quantitative estimate of drug-likeness (QED) is 0.706. The second kappa shape index (κ2) is 8.97. The lowest BCUT2D eigenvalue weighted by Gasteiger charge is -2.31. The number of sulfonamides is 2. The lowest BCUT2D eigenvalue weighted by molar-refractivity contribution is -0.120. The Morgan fingerprint density at radius 3 is 2.42 bits per heavy atom. The van der Waals surface area contributed by atoms with Crippen LogP contribution in [0.25, 0.3) is 0 Å². The molecule has 0 unspecified atom stereocenters. The number of aryl methyl sites for hydroxylation is 1. The highest BCUT2D eigenvalue weighted by atomic mass is 32.2. The van der Waals surface area contributed by atoms with Crippen molar-refractivity contribution < 1.29 is 21.6 Å². The number of nitrogens with one attached hydrogen (secondary N) is 1. The zero-order chi connectivity index (χ0) is 22.8. The van der Waals surface area contributed by atoms with Gasteiger partial charge in [-0.05, 0) is 50.1 Å². The van der Waals surface area contributed by atoms with Gasteiger partial charge in [0.2, 0.25) is 26.0 Å². The molecule has 31 heavy (non-hydrogen) atoms. The third-order valence-electron chi connectivity index (χ3n) is 5.39. The minimum atomic E-state index is -3.67. The van der Waals surface area contributed by atoms with E-state index in [4.69, 9.17) is 0 Å². The molecule has 1 N–H and O–H groups in total. The maximum Gasteiger partial charge on any atom is 0.243 e. The summed E-state index contributed by atoms with van der Waals surface area (Å²) in [5.74, 6) is -0.784. The fraction of sp³-hybridized carbons (Fsp3) is 0.381. The molecule has 0 saturated carbocycles. The summed E-state index contributed by atoms with van der Waals surface area (Å²) in [5.41, 5.74) is 1.85. The molecule has 8 nitrogen and oxygen atoms in total. The Kier molecular flexibility index (Phi) is 6.73. The normalized spacial score (nSPS) is 17.8. The number of carbonyl (C=O) groups excluding carboxylic acids is 1. The number of hydrogen-bond donors (Lipinski definition) is 1. The molecular formula is C21H27N3O5S2. The number of carbonyl (C=O) groups is 1. The average molecular weight is 466 g/mol. The minimum absolute atomic E-state index is 0.102. The lowest BCUT2D eigenvalue weighted by atomic mass is 9.98. The van der Waals surface area contributed by atoms with Gasteiger partial charge in [0.25, 0.3) is 0 Å². The van der Waals surface area contributed by atoms with E-state index in [1.165, 1.54) is 11.4 Å². The van der Waals surface area contributed by atoms with Crippen LogP contribution in [0.5, 0.6) is 0 Å². The van der Waals surface area contributed by atoms with Crippen molar-refractivity contribution in [1.29, 1.82) is 0 Å². The van der Waals surface area contributed by atoms with Gasteiger partial charge in [0.1, 0.15) is 0 Å². The Balaban J connectivity index is 1.72. The molecule has 10 heteroatoms. The third-order valence-corrected chi connectivity index (χ3v) is 8.47. The van der Waals surface area contributed by atoms with E-state index >= 15 is 0 Å². The number of anilines is 2. The molecule has 1 aliphatic rings. The van der Waals surface area contributed by atoms with Gasteiger partial charge in [-0.25, -0.2) is 16.8 Å². The summed E-state index contributed by atoms with van der Waals surface area (Å²) in [4.78, 5) is 13.1. The van der Waals surface area contributed by atoms with Crippen LogP contribution in [0.1, 0.15) is 18.4 Å². The fourth-order valence-electron chi connectivity index (χ4n) is 3.45. The highest BCUT2D eigenvalue weighted by Gasteiger charge is 2.33. The molecule has 3 rings (SSSR count). The Hall–Kier alpha value is -2.43. The SMILES string of the molecule is Cc1ccc(S(=O)(=O)N2CCC[C@H](C(=O)Nc3cccc(N(C)S(C)(=O)=O)c3)C2)cc1. The molecule has 1 atom stereocenters. The summed E-state index contributed by atoms with van der Waals surface area (Å²) in [7, 11) is -5.66. The maximum atomic E-state index is 13.0. The Morgan fingerprint density at radius 2 is 1.77 bits per heavy atom. The number of hydrogen-bond acceptors (Lipinski definition) is 5. The first kappa shape index (κ1) is 23.2. The van der Waals surface area contributed by atoms with Crippen molar-refractivity contribution in [3.05, 3.63) is 54.1 Å². The summed E-state index contributed by atoms with van der Waals surface area (Å²) in [5, 5.41) is 2.80. The number of nitrogens with zero attached hydrogens (tertiary/aromatic N) is 2. The predicted octanol–water partition coefficient (Wildman–Crippen LogP) is 2.43. The van der Waals surface area contributed by atoms with Crippen LogP contribution in [0, 0.1) is 12.8 Å². The molecule has 1 amide bonds. The van der Waals surface area contributed by atoms with Crippen LogP contribution in [0.3, 0.4) is 0 Å². The average Bonchev–Trinajstić information content (AvgIpc) is 2.73. The number of rotatable bonds is 6. The minimum Gasteiger partial charge on any atom is -0.326 e. The van der Waals surface area contributed by atoms with Gasteiger partial charge < -0.3 is 5.32 Å². The van der Waals surface area contributed by atoms with Crippen LogP contribution in [0.15, 0.2) is 53.4 Å². The topological polar surface area (TPSA) is 104 Å². The molecular weight excluding hydrogens is 438 g/mol. The van der Waals surface area contributed by atoms with Crippen molar-refractivity contribution in [1.82, 2.24) is 4.31 Å². The molecule has 2 aromatic rings. The summed E-state index contributed by atoms with van der Waals surface area (Å²) in [6.07, 6.45) is 2.26. The number of piperidine rings is 1. The Morgan fingerprint density at radius 1 is 1.10 bits per heavy atom. The Bertz CT molecular complexity index is 1160. The first-order valence-corrected chi connectivity index (χ1v) is 13.2. The number of benzene rings is 2. The molecule has 2 aromatic carbocycles. The number of amides is 1. The highest BCUT2D eigenvalue weighted by molar-refractivity contribution is 7.92. The smallest absolute Gasteiger partial charge is 0.243 e. The highest BCUT2D eigenvalue weighted by Crippen LogP contribution is 2.26. The van der Waals surface area contributed by atoms with Crippen molar-refractivity contribution in [2.45, 2.75) is 24.7 Å². The molecule has 1 aliphatic heterocycles. The molecule has 0 bridgehead atoms. The van der Waals surface area contributed by atoms with Gasteiger partial charge in [-0.3, -0.25) is 9.10 Å². The van der Waals surface area contributed by atoms with Crippen LogP contribution in [-0.2, 0) is 24.8 Å². The van der Waals surface area contributed by atoms with Crippen LogP contribution in [0.4, 0.5) is 11.4 Å². The Labute approximate surface area is 184 Å². The predicted molar refractivity (Wildman–Crippen MR) is 121 cm³/mol. The van der Waals surface area contributed by atoms with Crippen LogP contribution in [-0.4, -0.2) is 53.4 Å². The van der Waals surface area contributed by atoms with Gasteiger partial charge in [0.05, 0.1) is 22.8 Å². The summed E-state index contributed by atoms with van der Waals surface area (Å²) >= 11 is 0. The maximum absolute atomic E-state index is 13.0. The van der Waals surface area contributed by atoms with Crippen molar-refractivity contribution in [2.75, 3.05) is 36.0 Å². The second-order valence-corrected chi connectivity index (χ2v) is 11.7. The molecule has 0 aromatic heterocycles. The lowest BCUT2D eigenvalue weighted by Crippen LogP contribution is -2.43. The zero-order valence-electron chi connectivity index (χ0n) is 17.8. The van der Waals surface area contributed by atoms with Gasteiger partial charge in [0.15, 0.2) is 0 Å². The van der Waals surface area contributed by atoms with Crippen LogP contribution in [0.2, 0.25) is 0 Å². The standard InChI is InChI=1S/C21H27N3O5S2/c1-16-9-11-20(12-10-16)31(28,29)24-13-5-6-17(15-24)21(25)22-18-7-4-8-19(14-18)23(2)30(3,26)27/h4,7-12,14,17H,5-6,13,15H2,1-3H3,(H,22,25)/t17-/m0/s1. The van der Waals surface area contributed by atoms with Crippen LogP contribution >= 0.6 is 0 Å². The molecule has 0 spiro atoms. The van der Waals surface area contributed by atoms with Gasteiger partial charge in [-0.15, -0.1) is 0 Å². The molecule has 168 valence electrons. The van der Waals surface area contributed by atoms with E-state index in [1.54, 1.807) is 48.5 Å². The van der Waals surface area contributed by atoms with Crippen molar-refractivity contribution in [3.63, 3.8) is 0 Å². The summed E-state index contributed by atoms with van der Waals surface area (Å²) < 4.78 is 51.9. The second-order valence-electron chi connectivity index (χ2n) is 7.79. The van der Waals surface area contributed by atoms with E-state index in [0.717, 1.165) is 16.1 Å². The zero-order valence-corrected chi connectivity index (χ0v) is 19.4. The van der Waals surface area contributed by atoms with Gasteiger partial charge in [0, 0.05) is 25.8 Å². The van der Waals surface area contributed by atoms with E-state index in [1.807, 2.05) is 6.92 Å². The molecule has 1 saturated heterocycles. The fourth-order valence-corrected chi connectivity index (χ4v) is 5.47. The van der Waals surface area contributed by atoms with Gasteiger partial charge in [-0.2, -0.15) is 4.31 Å². The molecule has 1 heterocycles. The van der Waals surface area contributed by atoms with E-state index in [0.29, 0.717) is 30.8 Å². The largest absolute Gasteiger partial charge is 0.326 e.